The predicted molar refractivity (Wildman–Crippen MR) is 57.3 cm³/mol. The molecule has 0 spiro atoms. The Morgan fingerprint density at radius 1 is 1.29 bits per heavy atom. The Morgan fingerprint density at radius 3 is 2.71 bits per heavy atom. The number of aliphatic hydroxyl groups excluding tert-OH is 1. The molecular weight excluding hydrogens is 176 g/mol. The van der Waals surface area contributed by atoms with Crippen LogP contribution in [0.15, 0.2) is 0 Å². The summed E-state index contributed by atoms with van der Waals surface area (Å²) in [7, 11) is 2.27. The molecule has 0 aromatic carbocycles. The van der Waals surface area contributed by atoms with Gasteiger partial charge in [-0.05, 0) is 39.3 Å². The number of likely N-dealkylation sites (tertiary alicyclic amines) is 1. The summed E-state index contributed by atoms with van der Waals surface area (Å²) in [5.74, 6) is 0. The molecule has 0 bridgehead atoms. The summed E-state index contributed by atoms with van der Waals surface area (Å²) in [6, 6.07) is 1.61. The number of hydrogen-bond acceptors (Lipinski definition) is 3. The fourth-order valence-corrected chi connectivity index (χ4v) is 2.49. The Labute approximate surface area is 86.7 Å². The predicted octanol–water partition coefficient (Wildman–Crippen LogP) is 0.537. The first kappa shape index (κ1) is 10.4. The molecule has 0 amide bonds. The van der Waals surface area contributed by atoms with E-state index in [1.807, 2.05) is 0 Å². The molecule has 1 aliphatic carbocycles. The standard InChI is InChI=1S/C11H22N2O/c1-12(10-4-5-10)11-3-2-6-13(9-11)7-8-14/h10-11,14H,2-9H2,1H3/t11-/m0/s1. The minimum absolute atomic E-state index is 0.305. The summed E-state index contributed by atoms with van der Waals surface area (Å²) in [4.78, 5) is 4.95. The summed E-state index contributed by atoms with van der Waals surface area (Å²) in [5, 5.41) is 8.91. The second-order valence-electron chi connectivity index (χ2n) is 4.72. The van der Waals surface area contributed by atoms with Crippen molar-refractivity contribution in [2.24, 2.45) is 0 Å². The lowest BCUT2D eigenvalue weighted by molar-refractivity contribution is 0.0963. The van der Waals surface area contributed by atoms with Crippen molar-refractivity contribution in [3.05, 3.63) is 0 Å². The average Bonchev–Trinajstić information content (AvgIpc) is 3.01. The third-order valence-corrected chi connectivity index (χ3v) is 3.60. The summed E-state index contributed by atoms with van der Waals surface area (Å²) in [6.07, 6.45) is 5.43. The van der Waals surface area contributed by atoms with Crippen LogP contribution < -0.4 is 0 Å². The van der Waals surface area contributed by atoms with Gasteiger partial charge in [-0.25, -0.2) is 0 Å². The Bertz CT molecular complexity index is 180. The van der Waals surface area contributed by atoms with Gasteiger partial charge >= 0.3 is 0 Å². The van der Waals surface area contributed by atoms with Crippen molar-refractivity contribution < 1.29 is 5.11 Å². The number of nitrogens with zero attached hydrogens (tertiary/aromatic N) is 2. The van der Waals surface area contributed by atoms with Crippen molar-refractivity contribution in [3.8, 4) is 0 Å². The van der Waals surface area contributed by atoms with Crippen LogP contribution in [0.1, 0.15) is 25.7 Å². The Morgan fingerprint density at radius 2 is 2.07 bits per heavy atom. The zero-order valence-electron chi connectivity index (χ0n) is 9.15. The molecule has 1 N–H and O–H groups in total. The molecule has 3 heteroatoms. The molecule has 1 heterocycles. The lowest BCUT2D eigenvalue weighted by Gasteiger charge is -2.37. The van der Waals surface area contributed by atoms with Crippen LogP contribution in [0.4, 0.5) is 0 Å². The topological polar surface area (TPSA) is 26.7 Å². The van der Waals surface area contributed by atoms with E-state index in [9.17, 15) is 0 Å². The molecule has 2 rings (SSSR count). The number of hydrogen-bond donors (Lipinski definition) is 1. The fourth-order valence-electron chi connectivity index (χ4n) is 2.49. The molecule has 82 valence electrons. The first-order chi connectivity index (χ1) is 6.81. The van der Waals surface area contributed by atoms with Gasteiger partial charge in [0, 0.05) is 25.2 Å². The summed E-state index contributed by atoms with van der Waals surface area (Å²) < 4.78 is 0. The van der Waals surface area contributed by atoms with Gasteiger partial charge in [0.15, 0.2) is 0 Å². The van der Waals surface area contributed by atoms with E-state index in [1.54, 1.807) is 0 Å². The van der Waals surface area contributed by atoms with Crippen molar-refractivity contribution >= 4 is 0 Å². The van der Waals surface area contributed by atoms with Crippen LogP contribution in [0.5, 0.6) is 0 Å². The minimum Gasteiger partial charge on any atom is -0.395 e. The molecule has 0 aromatic rings. The maximum atomic E-state index is 8.91. The number of piperidine rings is 1. The van der Waals surface area contributed by atoms with Crippen LogP contribution in [0.2, 0.25) is 0 Å². The first-order valence-corrected chi connectivity index (χ1v) is 5.86. The van der Waals surface area contributed by atoms with Gasteiger partial charge in [-0.2, -0.15) is 0 Å². The minimum atomic E-state index is 0.305. The molecular formula is C11H22N2O. The fraction of sp³-hybridized carbons (Fsp3) is 1.00. The van der Waals surface area contributed by atoms with Gasteiger partial charge in [-0.3, -0.25) is 9.80 Å². The smallest absolute Gasteiger partial charge is 0.0558 e. The number of β-amino-alcohol motifs (C(OH)–C–C–N with tert-alkyl or cyclic N) is 1. The maximum absolute atomic E-state index is 8.91. The average molecular weight is 198 g/mol. The molecule has 1 aliphatic heterocycles. The van der Waals surface area contributed by atoms with Gasteiger partial charge in [-0.1, -0.05) is 0 Å². The van der Waals surface area contributed by atoms with E-state index < -0.39 is 0 Å². The quantitative estimate of drug-likeness (QED) is 0.714. The van der Waals surface area contributed by atoms with Crippen molar-refractivity contribution in [2.75, 3.05) is 33.3 Å². The van der Waals surface area contributed by atoms with E-state index in [0.29, 0.717) is 6.61 Å². The van der Waals surface area contributed by atoms with E-state index in [2.05, 4.69) is 16.8 Å². The summed E-state index contributed by atoms with van der Waals surface area (Å²) in [5.41, 5.74) is 0. The van der Waals surface area contributed by atoms with Gasteiger partial charge in [0.2, 0.25) is 0 Å². The van der Waals surface area contributed by atoms with E-state index in [4.69, 9.17) is 5.11 Å². The molecule has 0 aromatic heterocycles. The van der Waals surface area contributed by atoms with E-state index in [0.717, 1.165) is 25.2 Å². The molecule has 0 radical (unpaired) electrons. The van der Waals surface area contributed by atoms with Crippen LogP contribution in [-0.2, 0) is 0 Å². The van der Waals surface area contributed by atoms with Crippen molar-refractivity contribution in [1.82, 2.24) is 9.80 Å². The molecule has 2 fully saturated rings. The van der Waals surface area contributed by atoms with Crippen molar-refractivity contribution in [3.63, 3.8) is 0 Å². The Balaban J connectivity index is 1.80. The number of aliphatic hydroxyl groups is 1. The third kappa shape index (κ3) is 2.47. The highest BCUT2D eigenvalue weighted by atomic mass is 16.3. The normalized spacial score (nSPS) is 29.8. The van der Waals surface area contributed by atoms with Gasteiger partial charge in [-0.15, -0.1) is 0 Å². The SMILES string of the molecule is CN(C1CC1)[C@H]1CCCN(CCO)C1. The van der Waals surface area contributed by atoms with E-state index >= 15 is 0 Å². The van der Waals surface area contributed by atoms with Crippen LogP contribution in [0.25, 0.3) is 0 Å². The zero-order chi connectivity index (χ0) is 9.97. The molecule has 1 saturated carbocycles. The molecule has 0 unspecified atom stereocenters. The van der Waals surface area contributed by atoms with Gasteiger partial charge in [0.1, 0.15) is 0 Å². The lowest BCUT2D eigenvalue weighted by Crippen LogP contribution is -2.47. The largest absolute Gasteiger partial charge is 0.395 e. The molecule has 3 nitrogen and oxygen atoms in total. The first-order valence-electron chi connectivity index (χ1n) is 5.86. The highest BCUT2D eigenvalue weighted by Gasteiger charge is 2.32. The lowest BCUT2D eigenvalue weighted by atomic mass is 10.0. The van der Waals surface area contributed by atoms with Crippen LogP contribution in [0.3, 0.4) is 0 Å². The summed E-state index contributed by atoms with van der Waals surface area (Å²) in [6.45, 7) is 3.50. The van der Waals surface area contributed by atoms with Gasteiger partial charge < -0.3 is 5.11 Å². The van der Waals surface area contributed by atoms with E-state index in [1.165, 1.54) is 32.2 Å². The van der Waals surface area contributed by atoms with E-state index in [-0.39, 0.29) is 0 Å². The Hall–Kier alpha value is -0.120. The maximum Gasteiger partial charge on any atom is 0.0558 e. The Kier molecular flexibility index (Phi) is 3.42. The molecule has 14 heavy (non-hydrogen) atoms. The third-order valence-electron chi connectivity index (χ3n) is 3.60. The zero-order valence-corrected chi connectivity index (χ0v) is 9.15. The second-order valence-corrected chi connectivity index (χ2v) is 4.72. The summed E-state index contributed by atoms with van der Waals surface area (Å²) >= 11 is 0. The second kappa shape index (κ2) is 4.60. The van der Waals surface area contributed by atoms with Crippen LogP contribution in [0, 0.1) is 0 Å². The molecule has 1 atom stereocenters. The van der Waals surface area contributed by atoms with Crippen LogP contribution in [-0.4, -0.2) is 60.3 Å². The molecule has 1 saturated heterocycles. The van der Waals surface area contributed by atoms with Crippen molar-refractivity contribution in [2.45, 2.75) is 37.8 Å². The number of likely N-dealkylation sites (N-methyl/N-ethyl adjacent to an activating group) is 1. The van der Waals surface area contributed by atoms with Crippen molar-refractivity contribution in [1.29, 1.82) is 0 Å². The monoisotopic (exact) mass is 198 g/mol. The van der Waals surface area contributed by atoms with Crippen LogP contribution >= 0.6 is 0 Å². The van der Waals surface area contributed by atoms with Gasteiger partial charge in [0.25, 0.3) is 0 Å². The van der Waals surface area contributed by atoms with Gasteiger partial charge in [0.05, 0.1) is 6.61 Å². The molecule has 2 aliphatic rings. The highest BCUT2D eigenvalue weighted by molar-refractivity contribution is 4.89. The highest BCUT2D eigenvalue weighted by Crippen LogP contribution is 2.29. The number of rotatable bonds is 4.